The first-order valence-corrected chi connectivity index (χ1v) is 10.3. The number of hydrogen-bond acceptors (Lipinski definition) is 1. The second-order valence-electron chi connectivity index (χ2n) is 8.18. The summed E-state index contributed by atoms with van der Waals surface area (Å²) >= 11 is 0. The summed E-state index contributed by atoms with van der Waals surface area (Å²) in [4.78, 5) is 13.1. The van der Waals surface area contributed by atoms with Crippen LogP contribution in [0.25, 0.3) is 10.8 Å². The molecule has 1 aliphatic heterocycles. The van der Waals surface area contributed by atoms with Gasteiger partial charge in [-0.1, -0.05) is 66.7 Å². The summed E-state index contributed by atoms with van der Waals surface area (Å²) < 4.78 is 0.861. The van der Waals surface area contributed by atoms with E-state index in [1.54, 1.807) is 0 Å². The van der Waals surface area contributed by atoms with Gasteiger partial charge in [0.1, 0.15) is 6.54 Å². The number of benzene rings is 3. The molecule has 3 nitrogen and oxygen atoms in total. The summed E-state index contributed by atoms with van der Waals surface area (Å²) in [6, 6.07) is 23.1. The maximum atomic E-state index is 13.1. The van der Waals surface area contributed by atoms with Gasteiger partial charge in [0, 0.05) is 43.7 Å². The zero-order valence-corrected chi connectivity index (χ0v) is 20.1. The van der Waals surface area contributed by atoms with Gasteiger partial charge < -0.3 is 9.80 Å². The smallest absolute Gasteiger partial charge is 0.279 e. The average Bonchev–Trinajstić information content (AvgIpc) is 2.71. The third-order valence-electron chi connectivity index (χ3n) is 6.01. The molecule has 1 radical (unpaired) electrons. The number of fused-ring (bicyclic) bond motifs is 1. The number of piperidine rings is 1. The minimum absolute atomic E-state index is 0. The summed E-state index contributed by atoms with van der Waals surface area (Å²) in [5.41, 5.74) is 3.39. The van der Waals surface area contributed by atoms with Crippen LogP contribution in [0.3, 0.4) is 0 Å². The molecule has 0 spiro atoms. The Balaban J connectivity index is 0.00000240. The second kappa shape index (κ2) is 9.97. The largest absolute Gasteiger partial charge is 0.320 e. The van der Waals surface area contributed by atoms with Gasteiger partial charge in [-0.2, -0.15) is 0 Å². The molecule has 3 aromatic carbocycles. The van der Waals surface area contributed by atoms with Gasteiger partial charge in [0.05, 0.1) is 18.8 Å². The fraction of sp³-hybridized carbons (Fsp3) is 0.320. The van der Waals surface area contributed by atoms with Crippen molar-refractivity contribution >= 4 is 22.4 Å². The van der Waals surface area contributed by atoms with Crippen molar-refractivity contribution in [1.82, 2.24) is 0 Å². The Kier molecular flexibility index (Phi) is 7.62. The summed E-state index contributed by atoms with van der Waals surface area (Å²) in [6.45, 7) is 5.70. The van der Waals surface area contributed by atoms with Crippen LogP contribution in [0.2, 0.25) is 0 Å². The summed E-state index contributed by atoms with van der Waals surface area (Å²) in [6.07, 6.45) is 3.68. The number of rotatable bonds is 5. The molecule has 0 unspecified atom stereocenters. The van der Waals surface area contributed by atoms with E-state index in [1.165, 1.54) is 24.8 Å². The topological polar surface area (TPSA) is 29.1 Å². The summed E-state index contributed by atoms with van der Waals surface area (Å²) in [7, 11) is 0. The summed E-state index contributed by atoms with van der Waals surface area (Å²) in [5, 5.41) is 5.53. The van der Waals surface area contributed by atoms with E-state index in [0.717, 1.165) is 46.1 Å². The van der Waals surface area contributed by atoms with Gasteiger partial charge in [-0.25, -0.2) is 0 Å². The normalized spacial score (nSPS) is 15.5. The van der Waals surface area contributed by atoms with Gasteiger partial charge in [0.2, 0.25) is 0 Å². The van der Waals surface area contributed by atoms with E-state index >= 15 is 0 Å². The molecule has 1 aliphatic rings. The van der Waals surface area contributed by atoms with Crippen LogP contribution in [0.4, 0.5) is 5.69 Å². The number of hydrogen-bond donors (Lipinski definition) is 1. The number of nitrogens with one attached hydrogen (secondary N) is 1. The number of amides is 1. The third kappa shape index (κ3) is 5.33. The number of carbonyl (C=O) groups is 1. The predicted molar refractivity (Wildman–Crippen MR) is 116 cm³/mol. The molecule has 1 saturated heterocycles. The van der Waals surface area contributed by atoms with Crippen LogP contribution in [0, 0.1) is 6.92 Å². The van der Waals surface area contributed by atoms with E-state index in [9.17, 15) is 4.79 Å². The van der Waals surface area contributed by atoms with E-state index in [2.05, 4.69) is 66.8 Å². The van der Waals surface area contributed by atoms with Crippen LogP contribution in [0.5, 0.6) is 0 Å². The molecule has 3 aromatic rings. The zero-order valence-electron chi connectivity index (χ0n) is 17.2. The monoisotopic (exact) mass is 462 g/mol. The van der Waals surface area contributed by atoms with E-state index in [0.29, 0.717) is 6.54 Å². The molecule has 0 aromatic heterocycles. The SMILES string of the molecule is Cc1ccc2ccccc2c1NC(=O)C[N+]1(Cc2ccccc2)CCCCC1.[Y]. The van der Waals surface area contributed by atoms with Crippen LogP contribution in [0.15, 0.2) is 66.7 Å². The number of aryl methyl sites for hydroxylation is 1. The van der Waals surface area contributed by atoms with Crippen LogP contribution in [-0.2, 0) is 44.0 Å². The molecule has 0 saturated carbocycles. The van der Waals surface area contributed by atoms with Gasteiger partial charge in [-0.05, 0) is 37.1 Å². The molecule has 29 heavy (non-hydrogen) atoms. The van der Waals surface area contributed by atoms with Crippen molar-refractivity contribution in [1.29, 1.82) is 0 Å². The van der Waals surface area contributed by atoms with E-state index < -0.39 is 0 Å². The van der Waals surface area contributed by atoms with Crippen molar-refractivity contribution < 1.29 is 42.0 Å². The molecule has 0 bridgehead atoms. The molecular formula is C25H29N2OY+. The third-order valence-corrected chi connectivity index (χ3v) is 6.01. The number of anilines is 1. The van der Waals surface area contributed by atoms with Crippen LogP contribution < -0.4 is 5.32 Å². The number of quaternary nitrogens is 1. The number of likely N-dealkylation sites (tertiary alicyclic amines) is 1. The molecule has 1 N–H and O–H groups in total. The molecule has 1 amide bonds. The first kappa shape index (κ1) is 22.1. The first-order valence-electron chi connectivity index (χ1n) is 10.3. The van der Waals surface area contributed by atoms with Gasteiger partial charge in [0.15, 0.2) is 6.54 Å². The molecule has 4 heteroatoms. The quantitative estimate of drug-likeness (QED) is 0.514. The Morgan fingerprint density at radius 3 is 2.34 bits per heavy atom. The minimum Gasteiger partial charge on any atom is -0.320 e. The van der Waals surface area contributed by atoms with Crippen LogP contribution in [-0.4, -0.2) is 30.0 Å². The molecule has 0 aliphatic carbocycles. The fourth-order valence-corrected chi connectivity index (χ4v) is 4.56. The number of carbonyl (C=O) groups excluding carboxylic acids is 1. The van der Waals surface area contributed by atoms with E-state index in [-0.39, 0.29) is 38.6 Å². The Labute approximate surface area is 199 Å². The Bertz CT molecular complexity index is 965. The Hall–Kier alpha value is -1.55. The molecule has 0 atom stereocenters. The van der Waals surface area contributed by atoms with Crippen molar-refractivity contribution in [3.63, 3.8) is 0 Å². The maximum Gasteiger partial charge on any atom is 0.279 e. The minimum atomic E-state index is 0. The van der Waals surface area contributed by atoms with Crippen LogP contribution >= 0.6 is 0 Å². The molecule has 147 valence electrons. The standard InChI is InChI=1S/C25H28N2O.Y/c1-20-14-15-22-12-6-7-13-23(22)25(20)26-24(28)19-27(16-8-3-9-17-27)18-21-10-4-2-5-11-21;/h2,4-7,10-15H,3,8-9,16-19H2,1H3;/p+1. The van der Waals surface area contributed by atoms with Gasteiger partial charge >= 0.3 is 0 Å². The Morgan fingerprint density at radius 2 is 1.59 bits per heavy atom. The zero-order chi connectivity index (χ0) is 19.4. The Morgan fingerprint density at radius 1 is 0.897 bits per heavy atom. The van der Waals surface area contributed by atoms with E-state index in [4.69, 9.17) is 0 Å². The summed E-state index contributed by atoms with van der Waals surface area (Å²) in [5.74, 6) is 0.122. The van der Waals surface area contributed by atoms with Crippen molar-refractivity contribution in [3.05, 3.63) is 77.9 Å². The van der Waals surface area contributed by atoms with Gasteiger partial charge in [-0.15, -0.1) is 0 Å². The average molecular weight is 462 g/mol. The number of nitrogens with zero attached hydrogens (tertiary/aromatic N) is 1. The maximum absolute atomic E-state index is 13.1. The molecule has 1 heterocycles. The molecular weight excluding hydrogens is 433 g/mol. The first-order chi connectivity index (χ1) is 13.7. The van der Waals surface area contributed by atoms with Crippen molar-refractivity contribution in [2.75, 3.05) is 25.0 Å². The van der Waals surface area contributed by atoms with Crippen LogP contribution in [0.1, 0.15) is 30.4 Å². The van der Waals surface area contributed by atoms with Crippen molar-refractivity contribution in [2.24, 2.45) is 0 Å². The molecule has 1 fully saturated rings. The second-order valence-corrected chi connectivity index (χ2v) is 8.18. The predicted octanol–water partition coefficient (Wildman–Crippen LogP) is 5.29. The van der Waals surface area contributed by atoms with E-state index in [1.807, 2.05) is 12.1 Å². The van der Waals surface area contributed by atoms with Gasteiger partial charge in [0.25, 0.3) is 5.91 Å². The van der Waals surface area contributed by atoms with Crippen molar-refractivity contribution in [2.45, 2.75) is 32.7 Å². The molecule has 4 rings (SSSR count). The fourth-order valence-electron chi connectivity index (χ4n) is 4.56. The van der Waals surface area contributed by atoms with Gasteiger partial charge in [-0.3, -0.25) is 4.79 Å². The van der Waals surface area contributed by atoms with Crippen molar-refractivity contribution in [3.8, 4) is 0 Å².